The number of hydrogen-bond donors (Lipinski definition) is 2. The minimum Gasteiger partial charge on any atom is -0.416 e. The highest BCUT2D eigenvalue weighted by atomic mass is 19.1. The van der Waals surface area contributed by atoms with Gasteiger partial charge in [0.2, 0.25) is 11.8 Å². The number of fused-ring (bicyclic) bond motifs is 1. The summed E-state index contributed by atoms with van der Waals surface area (Å²) in [7, 11) is 0. The molecule has 0 amide bonds. The highest BCUT2D eigenvalue weighted by Crippen LogP contribution is 2.28. The summed E-state index contributed by atoms with van der Waals surface area (Å²) in [6.07, 6.45) is 1.62. The number of anilines is 1. The molecule has 0 fully saturated rings. The number of H-pyrrole nitrogens is 1. The van der Waals surface area contributed by atoms with Crippen molar-refractivity contribution < 1.29 is 8.81 Å². The summed E-state index contributed by atoms with van der Waals surface area (Å²) in [5.74, 6) is 0.665. The second kappa shape index (κ2) is 6.64. The Bertz CT molecular complexity index is 1110. The van der Waals surface area contributed by atoms with E-state index < -0.39 is 6.67 Å². The highest BCUT2D eigenvalue weighted by Gasteiger charge is 2.13. The Kier molecular flexibility index (Phi) is 4.03. The minimum absolute atomic E-state index is 0.147. The molecule has 0 spiro atoms. The minimum atomic E-state index is -0.514. The number of hydrogen-bond acceptors (Lipinski definition) is 6. The van der Waals surface area contributed by atoms with Gasteiger partial charge in [-0.1, -0.05) is 0 Å². The number of alkyl halides is 1. The zero-order chi connectivity index (χ0) is 17.9. The molecule has 128 valence electrons. The number of nitrogens with zero attached hydrogens (tertiary/aromatic N) is 4. The van der Waals surface area contributed by atoms with Gasteiger partial charge in [-0.15, -0.1) is 10.2 Å². The van der Waals surface area contributed by atoms with E-state index in [9.17, 15) is 9.65 Å². The lowest BCUT2D eigenvalue weighted by atomic mass is 10.1. The number of aromatic amines is 1. The average molecular weight is 348 g/mol. The topological polar surface area (TPSA) is 103 Å². The number of nitriles is 1. The van der Waals surface area contributed by atoms with Crippen molar-refractivity contribution in [1.29, 1.82) is 5.26 Å². The fourth-order valence-corrected chi connectivity index (χ4v) is 2.63. The zero-order valence-corrected chi connectivity index (χ0v) is 13.5. The number of nitrogens with one attached hydrogen (secondary N) is 2. The van der Waals surface area contributed by atoms with Crippen molar-refractivity contribution >= 4 is 16.7 Å². The van der Waals surface area contributed by atoms with Gasteiger partial charge in [-0.05, 0) is 36.4 Å². The number of imidazole rings is 1. The number of halogens is 1. The quantitative estimate of drug-likeness (QED) is 0.572. The molecule has 2 aromatic carbocycles. The van der Waals surface area contributed by atoms with E-state index in [1.165, 1.54) is 0 Å². The molecule has 26 heavy (non-hydrogen) atoms. The molecule has 0 saturated heterocycles. The zero-order valence-electron chi connectivity index (χ0n) is 13.5. The maximum atomic E-state index is 12.3. The van der Waals surface area contributed by atoms with Gasteiger partial charge in [0.05, 0.1) is 28.6 Å². The fraction of sp³-hybridized carbons (Fsp3) is 0.111. The molecule has 4 aromatic rings. The highest BCUT2D eigenvalue weighted by molar-refractivity contribution is 5.79. The van der Waals surface area contributed by atoms with E-state index in [2.05, 4.69) is 31.6 Å². The van der Waals surface area contributed by atoms with Crippen molar-refractivity contribution in [1.82, 2.24) is 20.2 Å². The largest absolute Gasteiger partial charge is 0.416 e. The molecule has 0 unspecified atom stereocenters. The van der Waals surface area contributed by atoms with Gasteiger partial charge in [-0.25, -0.2) is 9.37 Å². The van der Waals surface area contributed by atoms with Crippen molar-refractivity contribution in [3.8, 4) is 29.0 Å². The molecule has 7 nitrogen and oxygen atoms in total. The van der Waals surface area contributed by atoms with E-state index in [4.69, 9.17) is 4.42 Å². The predicted octanol–water partition coefficient (Wildman–Crippen LogP) is 3.53. The number of rotatable bonds is 5. The molecule has 0 aliphatic rings. The lowest BCUT2D eigenvalue weighted by Gasteiger charge is -2.06. The third-order valence-electron chi connectivity index (χ3n) is 3.89. The Morgan fingerprint density at radius 3 is 2.65 bits per heavy atom. The first kappa shape index (κ1) is 15.8. The van der Waals surface area contributed by atoms with Gasteiger partial charge in [0, 0.05) is 17.7 Å². The first-order valence-electron chi connectivity index (χ1n) is 7.90. The van der Waals surface area contributed by atoms with E-state index in [-0.39, 0.29) is 6.54 Å². The monoisotopic (exact) mass is 348 g/mol. The van der Waals surface area contributed by atoms with Gasteiger partial charge < -0.3 is 14.7 Å². The normalized spacial score (nSPS) is 10.8. The molecule has 2 heterocycles. The van der Waals surface area contributed by atoms with E-state index in [0.717, 1.165) is 16.6 Å². The summed E-state index contributed by atoms with van der Waals surface area (Å²) in [4.78, 5) is 7.24. The summed E-state index contributed by atoms with van der Waals surface area (Å²) >= 11 is 0. The van der Waals surface area contributed by atoms with Crippen LogP contribution in [-0.2, 0) is 0 Å². The Hall–Kier alpha value is -3.73. The van der Waals surface area contributed by atoms with Crippen LogP contribution in [0.25, 0.3) is 33.9 Å². The summed E-state index contributed by atoms with van der Waals surface area (Å²) < 4.78 is 18.1. The molecular formula is C18H13FN6O. The van der Waals surface area contributed by atoms with Gasteiger partial charge in [-0.3, -0.25) is 0 Å². The Morgan fingerprint density at radius 2 is 1.88 bits per heavy atom. The standard InChI is InChI=1S/C18H13FN6O/c19-5-6-21-14-3-1-11(7-13(14)9-20)17-24-25-18(26-17)12-2-4-15-16(8-12)23-10-22-15/h1-4,7-8,10,21H,5-6H2,(H,22,23). The summed E-state index contributed by atoms with van der Waals surface area (Å²) in [5, 5.41) is 20.3. The van der Waals surface area contributed by atoms with E-state index in [0.29, 0.717) is 28.6 Å². The van der Waals surface area contributed by atoms with Crippen LogP contribution in [0.4, 0.5) is 10.1 Å². The van der Waals surface area contributed by atoms with Crippen molar-refractivity contribution in [2.45, 2.75) is 0 Å². The van der Waals surface area contributed by atoms with Crippen LogP contribution in [0.2, 0.25) is 0 Å². The Morgan fingerprint density at radius 1 is 1.12 bits per heavy atom. The maximum absolute atomic E-state index is 12.3. The average Bonchev–Trinajstić information content (AvgIpc) is 3.34. The molecule has 0 bridgehead atoms. The third-order valence-corrected chi connectivity index (χ3v) is 3.89. The summed E-state index contributed by atoms with van der Waals surface area (Å²) in [5.41, 5.74) is 4.05. The first-order chi connectivity index (χ1) is 12.8. The third kappa shape index (κ3) is 2.86. The Labute approximate surface area is 147 Å². The second-order valence-electron chi connectivity index (χ2n) is 5.53. The van der Waals surface area contributed by atoms with Crippen LogP contribution in [0.3, 0.4) is 0 Å². The van der Waals surface area contributed by atoms with Crippen molar-refractivity contribution in [2.75, 3.05) is 18.5 Å². The molecule has 8 heteroatoms. The van der Waals surface area contributed by atoms with Gasteiger partial charge in [-0.2, -0.15) is 5.26 Å². The molecule has 0 saturated carbocycles. The van der Waals surface area contributed by atoms with E-state index >= 15 is 0 Å². The van der Waals surface area contributed by atoms with Crippen LogP contribution < -0.4 is 5.32 Å². The van der Waals surface area contributed by atoms with Crippen LogP contribution in [0.5, 0.6) is 0 Å². The van der Waals surface area contributed by atoms with Crippen LogP contribution >= 0.6 is 0 Å². The van der Waals surface area contributed by atoms with Crippen LogP contribution in [0, 0.1) is 11.3 Å². The molecule has 0 atom stereocenters. The maximum Gasteiger partial charge on any atom is 0.248 e. The number of benzene rings is 2. The van der Waals surface area contributed by atoms with Crippen LogP contribution in [-0.4, -0.2) is 33.4 Å². The van der Waals surface area contributed by atoms with Gasteiger partial charge in [0.25, 0.3) is 0 Å². The second-order valence-corrected chi connectivity index (χ2v) is 5.53. The van der Waals surface area contributed by atoms with Gasteiger partial charge in [0.15, 0.2) is 0 Å². The summed E-state index contributed by atoms with van der Waals surface area (Å²) in [6, 6.07) is 12.8. The van der Waals surface area contributed by atoms with E-state index in [1.807, 2.05) is 18.2 Å². The van der Waals surface area contributed by atoms with E-state index in [1.54, 1.807) is 24.5 Å². The SMILES string of the molecule is N#Cc1cc(-c2nnc(-c3ccc4[nH]cnc4c3)o2)ccc1NCCF. The van der Waals surface area contributed by atoms with Gasteiger partial charge in [0.1, 0.15) is 12.7 Å². The number of aromatic nitrogens is 4. The molecule has 4 rings (SSSR count). The predicted molar refractivity (Wildman–Crippen MR) is 94.0 cm³/mol. The summed E-state index contributed by atoms with van der Waals surface area (Å²) in [6.45, 7) is -0.367. The molecule has 0 aliphatic carbocycles. The Balaban J connectivity index is 1.66. The van der Waals surface area contributed by atoms with Crippen molar-refractivity contribution in [3.63, 3.8) is 0 Å². The molecule has 2 aromatic heterocycles. The molecule has 0 radical (unpaired) electrons. The van der Waals surface area contributed by atoms with Gasteiger partial charge >= 0.3 is 0 Å². The smallest absolute Gasteiger partial charge is 0.248 e. The lowest BCUT2D eigenvalue weighted by molar-refractivity contribution is 0.513. The van der Waals surface area contributed by atoms with Crippen LogP contribution in [0.15, 0.2) is 47.1 Å². The molecular weight excluding hydrogens is 335 g/mol. The lowest BCUT2D eigenvalue weighted by Crippen LogP contribution is -2.04. The fourth-order valence-electron chi connectivity index (χ4n) is 2.63. The molecule has 2 N–H and O–H groups in total. The first-order valence-corrected chi connectivity index (χ1v) is 7.90. The van der Waals surface area contributed by atoms with Crippen molar-refractivity contribution in [3.05, 3.63) is 48.3 Å². The molecule has 0 aliphatic heterocycles. The van der Waals surface area contributed by atoms with Crippen molar-refractivity contribution in [2.24, 2.45) is 0 Å². The van der Waals surface area contributed by atoms with Crippen LogP contribution in [0.1, 0.15) is 5.56 Å².